The summed E-state index contributed by atoms with van der Waals surface area (Å²) < 4.78 is 0. The second-order valence-electron chi connectivity index (χ2n) is 3.15. The quantitative estimate of drug-likeness (QED) is 0.425. The minimum atomic E-state index is -0.731. The molecule has 0 aromatic heterocycles. The number of rotatable bonds is 3. The van der Waals surface area contributed by atoms with E-state index in [0.717, 1.165) is 6.07 Å². The summed E-state index contributed by atoms with van der Waals surface area (Å²) in [7, 11) is 0. The predicted molar refractivity (Wildman–Crippen MR) is 52.0 cm³/mol. The Hall–Kier alpha value is -2.18. The van der Waals surface area contributed by atoms with Crippen molar-refractivity contribution in [3.05, 3.63) is 38.4 Å². The molecular formula is C8H7N3O4. The molecule has 1 fully saturated rings. The molecule has 0 aliphatic carbocycles. The van der Waals surface area contributed by atoms with E-state index < -0.39 is 21.2 Å². The molecule has 0 unspecified atom stereocenters. The number of hydrogen-bond acceptors (Lipinski definition) is 5. The number of nitrogens with zero attached hydrogens (tertiary/aromatic N) is 3. The zero-order valence-corrected chi connectivity index (χ0v) is 7.62. The number of benzene rings is 1. The van der Waals surface area contributed by atoms with E-state index in [4.69, 9.17) is 0 Å². The van der Waals surface area contributed by atoms with Crippen LogP contribution in [-0.2, 0) is 0 Å². The van der Waals surface area contributed by atoms with Gasteiger partial charge in [0.05, 0.1) is 9.85 Å². The number of nitro groups is 2. The molecule has 0 radical (unpaired) electrons. The third kappa shape index (κ3) is 1.58. The van der Waals surface area contributed by atoms with Gasteiger partial charge in [-0.05, 0) is 6.07 Å². The maximum Gasteiger partial charge on any atom is 0.369 e. The van der Waals surface area contributed by atoms with Crippen LogP contribution >= 0.6 is 0 Å². The second kappa shape index (κ2) is 3.19. The third-order valence-corrected chi connectivity index (χ3v) is 2.16. The summed E-state index contributed by atoms with van der Waals surface area (Å²) in [5.74, 6) is 0. The van der Waals surface area contributed by atoms with Crippen molar-refractivity contribution in [2.24, 2.45) is 0 Å². The third-order valence-electron chi connectivity index (χ3n) is 2.16. The molecule has 0 saturated carbocycles. The molecule has 0 spiro atoms. The first-order valence-electron chi connectivity index (χ1n) is 4.28. The van der Waals surface area contributed by atoms with E-state index in [9.17, 15) is 20.2 Å². The molecule has 1 saturated heterocycles. The molecular weight excluding hydrogens is 202 g/mol. The van der Waals surface area contributed by atoms with Crippen molar-refractivity contribution in [2.45, 2.75) is 0 Å². The van der Waals surface area contributed by atoms with Gasteiger partial charge < -0.3 is 4.90 Å². The van der Waals surface area contributed by atoms with Crippen LogP contribution in [0.25, 0.3) is 0 Å². The molecule has 0 amide bonds. The maximum absolute atomic E-state index is 10.8. The normalized spacial score (nSPS) is 13.7. The number of para-hydroxylation sites is 1. The van der Waals surface area contributed by atoms with Gasteiger partial charge in [0.1, 0.15) is 5.69 Å². The Bertz CT molecular complexity index is 442. The summed E-state index contributed by atoms with van der Waals surface area (Å²) >= 11 is 0. The van der Waals surface area contributed by atoms with Crippen LogP contribution in [0.15, 0.2) is 18.2 Å². The first-order valence-corrected chi connectivity index (χ1v) is 4.28. The molecule has 2 rings (SSSR count). The van der Waals surface area contributed by atoms with E-state index in [0.29, 0.717) is 18.8 Å². The van der Waals surface area contributed by atoms with Gasteiger partial charge in [-0.15, -0.1) is 0 Å². The average Bonchev–Trinajstić information content (AvgIpc) is 2.99. The van der Waals surface area contributed by atoms with Crippen molar-refractivity contribution in [2.75, 3.05) is 18.0 Å². The molecule has 78 valence electrons. The average molecular weight is 209 g/mol. The zero-order valence-electron chi connectivity index (χ0n) is 7.62. The largest absolute Gasteiger partial charge is 0.369 e. The van der Waals surface area contributed by atoms with Gasteiger partial charge in [0, 0.05) is 19.2 Å². The van der Waals surface area contributed by atoms with Crippen LogP contribution in [0.1, 0.15) is 0 Å². The van der Waals surface area contributed by atoms with Gasteiger partial charge in [0.25, 0.3) is 0 Å². The number of hydrogen-bond donors (Lipinski definition) is 0. The van der Waals surface area contributed by atoms with Crippen LogP contribution in [0, 0.1) is 20.2 Å². The van der Waals surface area contributed by atoms with Crippen LogP contribution in [0.4, 0.5) is 17.1 Å². The minimum Gasteiger partial charge on any atom is -0.362 e. The van der Waals surface area contributed by atoms with Gasteiger partial charge in [-0.3, -0.25) is 20.2 Å². The van der Waals surface area contributed by atoms with Crippen molar-refractivity contribution >= 4 is 17.1 Å². The molecule has 7 nitrogen and oxygen atoms in total. The Morgan fingerprint density at radius 2 is 1.80 bits per heavy atom. The lowest BCUT2D eigenvalue weighted by molar-refractivity contribution is -0.421. The van der Waals surface area contributed by atoms with Crippen molar-refractivity contribution < 1.29 is 9.85 Å². The Morgan fingerprint density at radius 3 is 2.27 bits per heavy atom. The predicted octanol–water partition coefficient (Wildman–Crippen LogP) is 1.32. The van der Waals surface area contributed by atoms with E-state index >= 15 is 0 Å². The zero-order chi connectivity index (χ0) is 11.0. The number of nitro benzene ring substituents is 2. The highest BCUT2D eigenvalue weighted by atomic mass is 16.6. The number of anilines is 1. The molecule has 7 heteroatoms. The lowest BCUT2D eigenvalue weighted by atomic mass is 10.2. The van der Waals surface area contributed by atoms with Crippen LogP contribution in [0.2, 0.25) is 0 Å². The summed E-state index contributed by atoms with van der Waals surface area (Å²) in [4.78, 5) is 21.6. The minimum absolute atomic E-state index is 0.328. The maximum atomic E-state index is 10.8. The van der Waals surface area contributed by atoms with E-state index in [1.807, 2.05) is 0 Å². The molecule has 15 heavy (non-hydrogen) atoms. The molecule has 1 aromatic carbocycles. The first-order chi connectivity index (χ1) is 7.11. The molecule has 0 atom stereocenters. The smallest absolute Gasteiger partial charge is 0.362 e. The van der Waals surface area contributed by atoms with E-state index in [-0.39, 0.29) is 0 Å². The summed E-state index contributed by atoms with van der Waals surface area (Å²) in [5, 5.41) is 21.4. The Labute approximate surface area is 84.2 Å². The van der Waals surface area contributed by atoms with Crippen molar-refractivity contribution in [3.63, 3.8) is 0 Å². The standard InChI is InChI=1S/C8H7N3O4/c12-10(13)7-3-1-2-6(9-4-5-9)8(7)11(14)15/h1-3H,4-5H2. The summed E-state index contributed by atoms with van der Waals surface area (Å²) in [5.41, 5.74) is -0.543. The molecule has 0 bridgehead atoms. The molecule has 1 aliphatic heterocycles. The van der Waals surface area contributed by atoms with Crippen molar-refractivity contribution in [1.82, 2.24) is 0 Å². The van der Waals surface area contributed by atoms with Crippen LogP contribution in [0.5, 0.6) is 0 Å². The van der Waals surface area contributed by atoms with Gasteiger partial charge in [0.2, 0.25) is 0 Å². The van der Waals surface area contributed by atoms with Crippen LogP contribution < -0.4 is 4.90 Å². The van der Waals surface area contributed by atoms with Gasteiger partial charge in [-0.25, -0.2) is 0 Å². The molecule has 1 heterocycles. The Kier molecular flexibility index (Phi) is 2.00. The molecule has 0 N–H and O–H groups in total. The van der Waals surface area contributed by atoms with Crippen LogP contribution in [-0.4, -0.2) is 22.9 Å². The van der Waals surface area contributed by atoms with Gasteiger partial charge in [0.15, 0.2) is 0 Å². The van der Waals surface area contributed by atoms with Gasteiger partial charge in [-0.1, -0.05) is 6.07 Å². The van der Waals surface area contributed by atoms with Gasteiger partial charge >= 0.3 is 11.4 Å². The summed E-state index contributed by atoms with van der Waals surface area (Å²) in [6.45, 7) is 1.42. The SMILES string of the molecule is O=[N+]([O-])c1cccc(N2CC2)c1[N+](=O)[O-]. The Morgan fingerprint density at radius 1 is 1.13 bits per heavy atom. The van der Waals surface area contributed by atoms with Gasteiger partial charge in [-0.2, -0.15) is 0 Å². The summed E-state index contributed by atoms with van der Waals surface area (Å²) in [6, 6.07) is 4.13. The topological polar surface area (TPSA) is 89.3 Å². The second-order valence-corrected chi connectivity index (χ2v) is 3.15. The van der Waals surface area contributed by atoms with E-state index in [2.05, 4.69) is 0 Å². The van der Waals surface area contributed by atoms with Crippen molar-refractivity contribution in [3.8, 4) is 0 Å². The fourth-order valence-corrected chi connectivity index (χ4v) is 1.40. The highest BCUT2D eigenvalue weighted by Gasteiger charge is 2.34. The monoisotopic (exact) mass is 209 g/mol. The lowest BCUT2D eigenvalue weighted by Gasteiger charge is -2.03. The lowest BCUT2D eigenvalue weighted by Crippen LogP contribution is -2.02. The highest BCUT2D eigenvalue weighted by molar-refractivity contribution is 5.74. The fraction of sp³-hybridized carbons (Fsp3) is 0.250. The molecule has 1 aromatic rings. The first kappa shape index (κ1) is 9.38. The van der Waals surface area contributed by atoms with E-state index in [1.165, 1.54) is 12.1 Å². The van der Waals surface area contributed by atoms with Crippen LogP contribution in [0.3, 0.4) is 0 Å². The Balaban J connectivity index is 2.59. The van der Waals surface area contributed by atoms with Crippen molar-refractivity contribution in [1.29, 1.82) is 0 Å². The fourth-order valence-electron chi connectivity index (χ4n) is 1.40. The highest BCUT2D eigenvalue weighted by Crippen LogP contribution is 2.38. The molecule has 1 aliphatic rings. The van der Waals surface area contributed by atoms with E-state index in [1.54, 1.807) is 4.90 Å². The summed E-state index contributed by atoms with van der Waals surface area (Å²) in [6.07, 6.45) is 0.